The largest absolute Gasteiger partial charge is 0.872 e. The summed E-state index contributed by atoms with van der Waals surface area (Å²) in [6, 6.07) is 12.2. The summed E-state index contributed by atoms with van der Waals surface area (Å²) in [6.45, 7) is 0. The molecule has 0 radical (unpaired) electrons. The van der Waals surface area contributed by atoms with E-state index in [9.17, 15) is 14.7 Å². The van der Waals surface area contributed by atoms with E-state index in [1.54, 1.807) is 30.3 Å². The molecule has 0 saturated carbocycles. The number of hydrogen-bond acceptors (Lipinski definition) is 5. The molecule has 1 heterocycles. The van der Waals surface area contributed by atoms with Crippen molar-refractivity contribution in [1.82, 2.24) is 0 Å². The third-order valence-corrected chi connectivity index (χ3v) is 4.63. The normalized spacial score (nSPS) is 16.0. The van der Waals surface area contributed by atoms with Gasteiger partial charge in [0.1, 0.15) is 0 Å². The molecule has 7 heteroatoms. The van der Waals surface area contributed by atoms with Crippen LogP contribution in [0.4, 0.5) is 5.69 Å². The number of carboxylic acid groups (broad SMARTS) is 1. The molecule has 3 rings (SSSR count). The van der Waals surface area contributed by atoms with E-state index in [4.69, 9.17) is 17.3 Å². The van der Waals surface area contributed by atoms with Crippen LogP contribution < -0.4 is 10.0 Å². The van der Waals surface area contributed by atoms with Crippen molar-refractivity contribution in [1.29, 1.82) is 0 Å². The van der Waals surface area contributed by atoms with Gasteiger partial charge in [-0.25, -0.2) is 4.79 Å². The fourth-order valence-corrected chi connectivity index (χ4v) is 3.49. The Morgan fingerprint density at radius 2 is 1.92 bits per heavy atom. The number of carbonyl (C=O) groups excluding carboxylic acids is 1. The minimum absolute atomic E-state index is 0.173. The lowest BCUT2D eigenvalue weighted by atomic mass is 10.1. The van der Waals surface area contributed by atoms with Gasteiger partial charge < -0.3 is 10.2 Å². The van der Waals surface area contributed by atoms with E-state index in [0.29, 0.717) is 20.5 Å². The molecular formula is C17H10NO4S2-. The number of anilines is 1. The summed E-state index contributed by atoms with van der Waals surface area (Å²) >= 11 is 6.38. The number of benzene rings is 2. The molecule has 1 N–H and O–H groups in total. The maximum atomic E-state index is 12.6. The van der Waals surface area contributed by atoms with Crippen LogP contribution in [-0.4, -0.2) is 21.3 Å². The first-order valence-corrected chi connectivity index (χ1v) is 8.06. The van der Waals surface area contributed by atoms with E-state index in [1.807, 2.05) is 0 Å². The zero-order valence-corrected chi connectivity index (χ0v) is 13.8. The van der Waals surface area contributed by atoms with Gasteiger partial charge in [-0.3, -0.25) is 9.69 Å². The standard InChI is InChI=1S/C17H11NO4S2/c19-13-3-1-2-12(9-13)18-15(20)14(24-17(18)23)8-10-4-6-11(7-5-10)16(21)22/h1-9,19H,(H,21,22)/p-1/b14-8-. The molecule has 2 aromatic rings. The van der Waals surface area contributed by atoms with Crippen molar-refractivity contribution in [3.63, 3.8) is 0 Å². The van der Waals surface area contributed by atoms with Gasteiger partial charge in [0.25, 0.3) is 5.91 Å². The van der Waals surface area contributed by atoms with Gasteiger partial charge in [-0.15, -0.1) is 5.75 Å². The van der Waals surface area contributed by atoms with E-state index < -0.39 is 5.97 Å². The van der Waals surface area contributed by atoms with Crippen LogP contribution in [0.25, 0.3) is 6.08 Å². The highest BCUT2D eigenvalue weighted by Gasteiger charge is 2.33. The van der Waals surface area contributed by atoms with E-state index in [2.05, 4.69) is 0 Å². The topological polar surface area (TPSA) is 80.7 Å². The summed E-state index contributed by atoms with van der Waals surface area (Å²) in [7, 11) is 0. The van der Waals surface area contributed by atoms with Crippen LogP contribution in [0.15, 0.2) is 53.4 Å². The molecule has 0 aliphatic carbocycles. The Hall–Kier alpha value is -2.64. The van der Waals surface area contributed by atoms with Crippen LogP contribution in [-0.2, 0) is 4.79 Å². The van der Waals surface area contributed by atoms with E-state index in [0.717, 1.165) is 11.8 Å². The molecular weight excluding hydrogens is 346 g/mol. The second-order valence-electron chi connectivity index (χ2n) is 4.94. The van der Waals surface area contributed by atoms with E-state index in [1.165, 1.54) is 29.2 Å². The number of nitrogens with zero attached hydrogens (tertiary/aromatic N) is 1. The molecule has 5 nitrogen and oxygen atoms in total. The van der Waals surface area contributed by atoms with Gasteiger partial charge >= 0.3 is 5.97 Å². The highest BCUT2D eigenvalue weighted by Crippen LogP contribution is 2.36. The van der Waals surface area contributed by atoms with Crippen molar-refractivity contribution < 1.29 is 19.8 Å². The summed E-state index contributed by atoms with van der Waals surface area (Å²) in [5.41, 5.74) is 1.31. The number of thioether (sulfide) groups is 1. The Balaban J connectivity index is 1.89. The Bertz CT molecular complexity index is 874. The highest BCUT2D eigenvalue weighted by molar-refractivity contribution is 8.27. The number of thiocarbonyl (C=S) groups is 1. The van der Waals surface area contributed by atoms with Gasteiger partial charge in [0, 0.05) is 5.69 Å². The van der Waals surface area contributed by atoms with Gasteiger partial charge in [0.15, 0.2) is 4.32 Å². The SMILES string of the molecule is O=C(O)c1ccc(/C=C2\SC(=S)N(c3cccc([O-])c3)C2=O)cc1. The molecule has 1 aliphatic rings. The lowest BCUT2D eigenvalue weighted by Gasteiger charge is -2.16. The fraction of sp³-hybridized carbons (Fsp3) is 0. The first-order valence-electron chi connectivity index (χ1n) is 6.84. The lowest BCUT2D eigenvalue weighted by Crippen LogP contribution is -2.27. The fourth-order valence-electron chi connectivity index (χ4n) is 2.19. The average Bonchev–Trinajstić information content (AvgIpc) is 2.82. The first-order chi connectivity index (χ1) is 11.5. The predicted octanol–water partition coefficient (Wildman–Crippen LogP) is 2.86. The number of carboxylic acids is 1. The summed E-state index contributed by atoms with van der Waals surface area (Å²) in [6.07, 6.45) is 1.64. The lowest BCUT2D eigenvalue weighted by molar-refractivity contribution is -0.268. The van der Waals surface area contributed by atoms with Crippen molar-refractivity contribution in [3.8, 4) is 5.75 Å². The molecule has 120 valence electrons. The number of carbonyl (C=O) groups is 2. The molecule has 0 bridgehead atoms. The van der Waals surface area contributed by atoms with Crippen molar-refractivity contribution in [3.05, 3.63) is 64.6 Å². The monoisotopic (exact) mass is 356 g/mol. The van der Waals surface area contributed by atoms with Crippen LogP contribution in [0, 0.1) is 0 Å². The molecule has 24 heavy (non-hydrogen) atoms. The van der Waals surface area contributed by atoms with Crippen LogP contribution >= 0.6 is 24.0 Å². The van der Waals surface area contributed by atoms with Crippen LogP contribution in [0.2, 0.25) is 0 Å². The molecule has 1 fully saturated rings. The quantitative estimate of drug-likeness (QED) is 0.673. The van der Waals surface area contributed by atoms with Gasteiger partial charge in [-0.1, -0.05) is 48.2 Å². The van der Waals surface area contributed by atoms with E-state index in [-0.39, 0.29) is 17.2 Å². The second kappa shape index (κ2) is 6.46. The van der Waals surface area contributed by atoms with Crippen LogP contribution in [0.3, 0.4) is 0 Å². The average molecular weight is 356 g/mol. The molecule has 2 aromatic carbocycles. The summed E-state index contributed by atoms with van der Waals surface area (Å²) < 4.78 is 0.346. The van der Waals surface area contributed by atoms with Gasteiger partial charge in [0.05, 0.1) is 10.5 Å². The number of hydrogen-bond donors (Lipinski definition) is 1. The number of amides is 1. The van der Waals surface area contributed by atoms with Gasteiger partial charge in [-0.05, 0) is 35.9 Å². The third-order valence-electron chi connectivity index (χ3n) is 3.32. The maximum Gasteiger partial charge on any atom is 0.335 e. The zero-order valence-electron chi connectivity index (χ0n) is 12.1. The molecule has 0 spiro atoms. The molecule has 1 saturated heterocycles. The van der Waals surface area contributed by atoms with Crippen molar-refractivity contribution in [2.75, 3.05) is 4.90 Å². The summed E-state index contributed by atoms with van der Waals surface area (Å²) in [5.74, 6) is -1.52. The summed E-state index contributed by atoms with van der Waals surface area (Å²) in [5, 5.41) is 20.4. The Morgan fingerprint density at radius 3 is 2.54 bits per heavy atom. The molecule has 1 aliphatic heterocycles. The summed E-state index contributed by atoms with van der Waals surface area (Å²) in [4.78, 5) is 25.2. The third kappa shape index (κ3) is 3.17. The van der Waals surface area contributed by atoms with E-state index >= 15 is 0 Å². The van der Waals surface area contributed by atoms with Crippen molar-refractivity contribution >= 4 is 51.9 Å². The zero-order chi connectivity index (χ0) is 17.3. The van der Waals surface area contributed by atoms with Crippen molar-refractivity contribution in [2.24, 2.45) is 0 Å². The smallest absolute Gasteiger partial charge is 0.335 e. The minimum Gasteiger partial charge on any atom is -0.872 e. The second-order valence-corrected chi connectivity index (χ2v) is 6.62. The van der Waals surface area contributed by atoms with Gasteiger partial charge in [-0.2, -0.15) is 0 Å². The number of rotatable bonds is 3. The maximum absolute atomic E-state index is 12.6. The Morgan fingerprint density at radius 1 is 1.21 bits per heavy atom. The number of aromatic carboxylic acids is 1. The van der Waals surface area contributed by atoms with Crippen LogP contribution in [0.5, 0.6) is 5.75 Å². The molecule has 1 amide bonds. The Labute approximate surface area is 147 Å². The van der Waals surface area contributed by atoms with Crippen molar-refractivity contribution in [2.45, 2.75) is 0 Å². The first kappa shape index (κ1) is 16.2. The minimum atomic E-state index is -1.01. The molecule has 0 aromatic heterocycles. The predicted molar refractivity (Wildman–Crippen MR) is 94.9 cm³/mol. The van der Waals surface area contributed by atoms with Gasteiger partial charge in [0.2, 0.25) is 0 Å². The highest BCUT2D eigenvalue weighted by atomic mass is 32.2. The Kier molecular flexibility index (Phi) is 4.37. The van der Waals surface area contributed by atoms with Crippen LogP contribution in [0.1, 0.15) is 15.9 Å². The molecule has 0 atom stereocenters. The molecule has 0 unspecified atom stereocenters.